The van der Waals surface area contributed by atoms with Gasteiger partial charge >= 0.3 is 0 Å². The summed E-state index contributed by atoms with van der Waals surface area (Å²) in [6, 6.07) is 5.17. The Labute approximate surface area is 124 Å². The Hall–Kier alpha value is -1.17. The number of carbonyl (C=O) groups excluding carboxylic acids is 1. The number of aromatic nitrogens is 2. The number of aromatic amines is 1. The lowest BCUT2D eigenvalue weighted by molar-refractivity contribution is -0.115. The van der Waals surface area contributed by atoms with Gasteiger partial charge in [0.05, 0.1) is 22.2 Å². The maximum absolute atomic E-state index is 12.0. The summed E-state index contributed by atoms with van der Waals surface area (Å²) >= 11 is 13.3. The molecule has 2 rings (SSSR count). The fraction of sp³-hybridized carbons (Fsp3) is 0.167. The fourth-order valence-electron chi connectivity index (χ4n) is 1.37. The van der Waals surface area contributed by atoms with Gasteiger partial charge in [0.2, 0.25) is 5.91 Å². The van der Waals surface area contributed by atoms with E-state index in [9.17, 15) is 4.79 Å². The van der Waals surface area contributed by atoms with Crippen molar-refractivity contribution in [2.45, 2.75) is 17.1 Å². The van der Waals surface area contributed by atoms with Gasteiger partial charge in [0.15, 0.2) is 0 Å². The van der Waals surface area contributed by atoms with Crippen molar-refractivity contribution in [2.24, 2.45) is 0 Å². The van der Waals surface area contributed by atoms with Gasteiger partial charge in [-0.25, -0.2) is 0 Å². The summed E-state index contributed by atoms with van der Waals surface area (Å²) in [6.45, 7) is 1.80. The molecule has 0 saturated heterocycles. The zero-order chi connectivity index (χ0) is 13.8. The highest BCUT2D eigenvalue weighted by Crippen LogP contribution is 2.32. The highest BCUT2D eigenvalue weighted by molar-refractivity contribution is 8.00. The molecule has 2 N–H and O–H groups in total. The van der Waals surface area contributed by atoms with Crippen LogP contribution < -0.4 is 5.32 Å². The Morgan fingerprint density at radius 3 is 2.95 bits per heavy atom. The predicted octanol–water partition coefficient (Wildman–Crippen LogP) is 3.84. The third kappa shape index (κ3) is 3.89. The molecular formula is C12H11Cl2N3OS. The van der Waals surface area contributed by atoms with E-state index in [2.05, 4.69) is 15.5 Å². The summed E-state index contributed by atoms with van der Waals surface area (Å²) in [5.41, 5.74) is 0.634. The highest BCUT2D eigenvalue weighted by Gasteiger charge is 2.16. The second kappa shape index (κ2) is 6.32. The van der Waals surface area contributed by atoms with E-state index in [1.807, 2.05) is 0 Å². The highest BCUT2D eigenvalue weighted by atomic mass is 35.5. The SMILES string of the molecule is CC(Sc1cc(Cl)ccc1Cl)C(=O)Nc1cn[nH]c1. The van der Waals surface area contributed by atoms with E-state index < -0.39 is 0 Å². The molecule has 1 amide bonds. The van der Waals surface area contributed by atoms with Crippen molar-refractivity contribution in [2.75, 3.05) is 5.32 Å². The van der Waals surface area contributed by atoms with Crippen LogP contribution in [0.4, 0.5) is 5.69 Å². The first-order valence-corrected chi connectivity index (χ1v) is 7.11. The van der Waals surface area contributed by atoms with Gasteiger partial charge in [-0.15, -0.1) is 11.8 Å². The molecule has 0 spiro atoms. The van der Waals surface area contributed by atoms with Gasteiger partial charge in [0.1, 0.15) is 0 Å². The summed E-state index contributed by atoms with van der Waals surface area (Å²) in [4.78, 5) is 12.7. The Balaban J connectivity index is 2.02. The van der Waals surface area contributed by atoms with E-state index in [-0.39, 0.29) is 11.2 Å². The molecule has 2 aromatic rings. The van der Waals surface area contributed by atoms with Crippen molar-refractivity contribution in [3.8, 4) is 0 Å². The first-order valence-electron chi connectivity index (χ1n) is 5.47. The monoisotopic (exact) mass is 315 g/mol. The molecule has 0 saturated carbocycles. The van der Waals surface area contributed by atoms with Crippen LogP contribution in [0.3, 0.4) is 0 Å². The molecule has 7 heteroatoms. The molecule has 0 aliphatic rings. The van der Waals surface area contributed by atoms with E-state index in [1.165, 1.54) is 11.8 Å². The van der Waals surface area contributed by atoms with E-state index in [1.54, 1.807) is 37.5 Å². The number of amides is 1. The second-order valence-electron chi connectivity index (χ2n) is 3.81. The second-order valence-corrected chi connectivity index (χ2v) is 6.04. The maximum Gasteiger partial charge on any atom is 0.237 e. The van der Waals surface area contributed by atoms with Crippen LogP contribution in [0.5, 0.6) is 0 Å². The van der Waals surface area contributed by atoms with Crippen LogP contribution in [0.1, 0.15) is 6.92 Å². The minimum absolute atomic E-state index is 0.123. The smallest absolute Gasteiger partial charge is 0.237 e. The van der Waals surface area contributed by atoms with Crippen molar-refractivity contribution in [1.82, 2.24) is 10.2 Å². The zero-order valence-electron chi connectivity index (χ0n) is 9.98. The van der Waals surface area contributed by atoms with Crippen LogP contribution in [0, 0.1) is 0 Å². The van der Waals surface area contributed by atoms with Crippen molar-refractivity contribution in [1.29, 1.82) is 0 Å². The van der Waals surface area contributed by atoms with Crippen molar-refractivity contribution < 1.29 is 4.79 Å². The third-order valence-corrected chi connectivity index (χ3v) is 4.17. The molecule has 100 valence electrons. The minimum atomic E-state index is -0.300. The van der Waals surface area contributed by atoms with Gasteiger partial charge in [-0.3, -0.25) is 9.89 Å². The maximum atomic E-state index is 12.0. The predicted molar refractivity (Wildman–Crippen MR) is 79.0 cm³/mol. The molecule has 1 aromatic heterocycles. The molecule has 0 bridgehead atoms. The lowest BCUT2D eigenvalue weighted by Gasteiger charge is -2.12. The number of carbonyl (C=O) groups is 1. The van der Waals surface area contributed by atoms with E-state index in [0.29, 0.717) is 15.7 Å². The van der Waals surface area contributed by atoms with E-state index >= 15 is 0 Å². The van der Waals surface area contributed by atoms with Crippen LogP contribution in [-0.2, 0) is 4.79 Å². The molecule has 0 radical (unpaired) electrons. The van der Waals surface area contributed by atoms with Gasteiger partial charge in [-0.1, -0.05) is 23.2 Å². The Morgan fingerprint density at radius 1 is 1.47 bits per heavy atom. The number of hydrogen-bond acceptors (Lipinski definition) is 3. The number of benzene rings is 1. The molecule has 0 aliphatic carbocycles. The van der Waals surface area contributed by atoms with Gasteiger partial charge < -0.3 is 5.32 Å². The molecule has 0 fully saturated rings. The number of anilines is 1. The topological polar surface area (TPSA) is 57.8 Å². The number of thioether (sulfide) groups is 1. The van der Waals surface area contributed by atoms with Crippen molar-refractivity contribution in [3.05, 3.63) is 40.6 Å². The average Bonchev–Trinajstić information content (AvgIpc) is 2.86. The van der Waals surface area contributed by atoms with E-state index in [4.69, 9.17) is 23.2 Å². The quantitative estimate of drug-likeness (QED) is 0.843. The number of H-pyrrole nitrogens is 1. The first-order chi connectivity index (χ1) is 9.06. The lowest BCUT2D eigenvalue weighted by Crippen LogP contribution is -2.22. The van der Waals surface area contributed by atoms with Crippen molar-refractivity contribution in [3.63, 3.8) is 0 Å². The minimum Gasteiger partial charge on any atom is -0.322 e. The Bertz CT molecular complexity index is 574. The summed E-state index contributed by atoms with van der Waals surface area (Å²) in [5.74, 6) is -0.123. The molecule has 0 aliphatic heterocycles. The van der Waals surface area contributed by atoms with Crippen LogP contribution in [0.15, 0.2) is 35.5 Å². The molecule has 19 heavy (non-hydrogen) atoms. The number of hydrogen-bond donors (Lipinski definition) is 2. The number of nitrogens with one attached hydrogen (secondary N) is 2. The molecule has 1 unspecified atom stereocenters. The third-order valence-electron chi connectivity index (χ3n) is 2.33. The summed E-state index contributed by atoms with van der Waals surface area (Å²) in [5, 5.41) is 10.0. The summed E-state index contributed by atoms with van der Waals surface area (Å²) in [7, 11) is 0. The van der Waals surface area contributed by atoms with Crippen LogP contribution in [0.25, 0.3) is 0 Å². The molecule has 1 aromatic carbocycles. The normalized spacial score (nSPS) is 12.2. The lowest BCUT2D eigenvalue weighted by atomic mass is 10.4. The molecule has 1 heterocycles. The van der Waals surface area contributed by atoms with Crippen molar-refractivity contribution >= 4 is 46.6 Å². The van der Waals surface area contributed by atoms with Gasteiger partial charge in [-0.2, -0.15) is 5.10 Å². The summed E-state index contributed by atoms with van der Waals surface area (Å²) < 4.78 is 0. The molecule has 1 atom stereocenters. The van der Waals surface area contributed by atoms with Gasteiger partial charge in [0, 0.05) is 16.1 Å². The summed E-state index contributed by atoms with van der Waals surface area (Å²) in [6.07, 6.45) is 3.16. The largest absolute Gasteiger partial charge is 0.322 e. The van der Waals surface area contributed by atoms with Crippen LogP contribution in [-0.4, -0.2) is 21.4 Å². The van der Waals surface area contributed by atoms with E-state index in [0.717, 1.165) is 4.90 Å². The number of nitrogens with zero attached hydrogens (tertiary/aromatic N) is 1. The molecular weight excluding hydrogens is 305 g/mol. The zero-order valence-corrected chi connectivity index (χ0v) is 12.3. The Morgan fingerprint density at radius 2 is 2.26 bits per heavy atom. The average molecular weight is 316 g/mol. The number of rotatable bonds is 4. The van der Waals surface area contributed by atoms with Gasteiger partial charge in [-0.05, 0) is 25.1 Å². The first kappa shape index (κ1) is 14.2. The van der Waals surface area contributed by atoms with Crippen LogP contribution >= 0.6 is 35.0 Å². The standard InChI is InChI=1S/C12H11Cl2N3OS/c1-7(12(18)17-9-5-15-16-6-9)19-11-4-8(13)2-3-10(11)14/h2-7H,1H3,(H,15,16)(H,17,18). The Kier molecular flexibility index (Phi) is 4.74. The fourth-order valence-corrected chi connectivity index (χ4v) is 2.79. The van der Waals surface area contributed by atoms with Crippen LogP contribution in [0.2, 0.25) is 10.0 Å². The number of halogens is 2. The van der Waals surface area contributed by atoms with Gasteiger partial charge in [0.25, 0.3) is 0 Å². The molecule has 4 nitrogen and oxygen atoms in total.